The van der Waals surface area contributed by atoms with E-state index >= 15 is 0 Å². The number of aromatic nitrogens is 1. The van der Waals surface area contributed by atoms with Crippen molar-refractivity contribution in [2.75, 3.05) is 7.11 Å². The van der Waals surface area contributed by atoms with Gasteiger partial charge in [0.1, 0.15) is 12.2 Å². The van der Waals surface area contributed by atoms with Gasteiger partial charge in [-0.2, -0.15) is 0 Å². The van der Waals surface area contributed by atoms with Gasteiger partial charge in [0.15, 0.2) is 0 Å². The molecule has 0 aliphatic heterocycles. The second-order valence-corrected chi connectivity index (χ2v) is 4.64. The number of carboxylic acids is 1. The van der Waals surface area contributed by atoms with Gasteiger partial charge in [-0.1, -0.05) is 30.3 Å². The Labute approximate surface area is 128 Å². The molecule has 1 aromatic heterocycles. The minimum Gasteiger partial charge on any atom is -0.503 e. The van der Waals surface area contributed by atoms with E-state index in [1.165, 1.54) is 13.4 Å². The molecule has 5 nitrogen and oxygen atoms in total. The Morgan fingerprint density at radius 1 is 1.27 bits per heavy atom. The van der Waals surface area contributed by atoms with Crippen LogP contribution in [-0.4, -0.2) is 23.2 Å². The maximum atomic E-state index is 11.4. The second-order valence-electron chi connectivity index (χ2n) is 4.64. The van der Waals surface area contributed by atoms with Crippen molar-refractivity contribution in [3.63, 3.8) is 0 Å². The number of hydrogen-bond donors (Lipinski definition) is 1. The first kappa shape index (κ1) is 15.6. The first-order valence-electron chi connectivity index (χ1n) is 6.72. The highest BCUT2D eigenvalue weighted by Gasteiger charge is 2.15. The monoisotopic (exact) mass is 299 g/mol. The molecule has 0 bridgehead atoms. The van der Waals surface area contributed by atoms with Gasteiger partial charge in [-0.3, -0.25) is 0 Å². The number of ether oxygens (including phenoxy) is 2. The first-order chi connectivity index (χ1) is 10.6. The van der Waals surface area contributed by atoms with E-state index < -0.39 is 5.97 Å². The minimum atomic E-state index is -1.05. The fourth-order valence-electron chi connectivity index (χ4n) is 2.02. The van der Waals surface area contributed by atoms with Crippen LogP contribution in [0, 0.1) is 6.92 Å². The zero-order chi connectivity index (χ0) is 15.9. The Kier molecular flexibility index (Phi) is 5.14. The number of pyridine rings is 1. The predicted molar refractivity (Wildman–Crippen MR) is 82.4 cm³/mol. The Bertz CT molecular complexity index is 695. The Morgan fingerprint density at radius 3 is 2.73 bits per heavy atom. The maximum Gasteiger partial charge on any atom is 0.339 e. The molecular weight excluding hydrogens is 282 g/mol. The van der Waals surface area contributed by atoms with Crippen LogP contribution in [0.15, 0.2) is 48.9 Å². The normalized spacial score (nSPS) is 11.1. The predicted octanol–water partition coefficient (Wildman–Crippen LogP) is 3.04. The molecule has 0 radical (unpaired) electrons. The van der Waals surface area contributed by atoms with E-state index in [4.69, 9.17) is 9.47 Å². The highest BCUT2D eigenvalue weighted by atomic mass is 16.5. The number of benzene rings is 1. The van der Waals surface area contributed by atoms with Gasteiger partial charge in [-0.05, 0) is 24.1 Å². The van der Waals surface area contributed by atoms with Crippen LogP contribution in [0.1, 0.15) is 16.7 Å². The second kappa shape index (κ2) is 7.26. The molecule has 1 aromatic carbocycles. The summed E-state index contributed by atoms with van der Waals surface area (Å²) in [5.41, 5.74) is 2.31. The quantitative estimate of drug-likeness (QED) is 0.656. The Balaban J connectivity index is 2.27. The van der Waals surface area contributed by atoms with Gasteiger partial charge in [0, 0.05) is 11.8 Å². The highest BCUT2D eigenvalue weighted by molar-refractivity contribution is 6.15. The average Bonchev–Trinajstić information content (AvgIpc) is 2.52. The van der Waals surface area contributed by atoms with E-state index in [2.05, 4.69) is 4.98 Å². The number of aryl methyl sites for hydroxylation is 1. The maximum absolute atomic E-state index is 11.4. The number of aliphatic carboxylic acids is 1. The third-order valence-corrected chi connectivity index (χ3v) is 3.10. The minimum absolute atomic E-state index is 0.0828. The molecule has 1 heterocycles. The molecule has 0 saturated heterocycles. The fourth-order valence-corrected chi connectivity index (χ4v) is 2.02. The Hall–Kier alpha value is -2.82. The molecule has 0 spiro atoms. The molecular formula is C17H17NO4. The van der Waals surface area contributed by atoms with Crippen molar-refractivity contribution in [2.24, 2.45) is 0 Å². The number of carboxylic acid groups (broad SMARTS) is 1. The summed E-state index contributed by atoms with van der Waals surface area (Å²) in [7, 11) is 1.42. The van der Waals surface area contributed by atoms with E-state index in [1.807, 2.05) is 31.2 Å². The topological polar surface area (TPSA) is 68.7 Å². The van der Waals surface area contributed by atoms with Crippen LogP contribution in [0.25, 0.3) is 5.57 Å². The number of methoxy groups -OCH3 is 1. The fraction of sp³-hybridized carbons (Fsp3) is 0.176. The number of rotatable bonds is 6. The van der Waals surface area contributed by atoms with Gasteiger partial charge >= 0.3 is 5.97 Å². The van der Waals surface area contributed by atoms with Gasteiger partial charge in [-0.15, -0.1) is 0 Å². The van der Waals surface area contributed by atoms with Crippen molar-refractivity contribution < 1.29 is 19.4 Å². The molecule has 2 aromatic rings. The van der Waals surface area contributed by atoms with Crippen LogP contribution >= 0.6 is 0 Å². The van der Waals surface area contributed by atoms with Crippen molar-refractivity contribution >= 4 is 11.5 Å². The van der Waals surface area contributed by atoms with Crippen LogP contribution in [-0.2, 0) is 16.1 Å². The van der Waals surface area contributed by atoms with Crippen molar-refractivity contribution in [1.29, 1.82) is 0 Å². The first-order valence-corrected chi connectivity index (χ1v) is 6.72. The molecule has 0 amide bonds. The molecule has 2 rings (SSSR count). The average molecular weight is 299 g/mol. The molecule has 0 atom stereocenters. The summed E-state index contributed by atoms with van der Waals surface area (Å²) in [5, 5.41) is 9.31. The molecule has 0 aliphatic carbocycles. The third-order valence-electron chi connectivity index (χ3n) is 3.10. The lowest BCUT2D eigenvalue weighted by molar-refractivity contribution is -0.130. The van der Waals surface area contributed by atoms with Crippen LogP contribution in [0.5, 0.6) is 5.88 Å². The smallest absolute Gasteiger partial charge is 0.339 e. The molecule has 0 aliphatic rings. The summed E-state index contributed by atoms with van der Waals surface area (Å²) >= 11 is 0. The lowest BCUT2D eigenvalue weighted by Crippen LogP contribution is -2.06. The van der Waals surface area contributed by atoms with Crippen molar-refractivity contribution in [1.82, 2.24) is 4.98 Å². The number of nitrogens with zero attached hydrogens (tertiary/aromatic N) is 1. The third kappa shape index (κ3) is 3.63. The van der Waals surface area contributed by atoms with Gasteiger partial charge in [0.2, 0.25) is 5.88 Å². The largest absolute Gasteiger partial charge is 0.503 e. The molecule has 0 saturated carbocycles. The zero-order valence-corrected chi connectivity index (χ0v) is 12.4. The lowest BCUT2D eigenvalue weighted by Gasteiger charge is -2.12. The molecule has 114 valence electrons. The van der Waals surface area contributed by atoms with Crippen molar-refractivity contribution in [2.45, 2.75) is 13.5 Å². The van der Waals surface area contributed by atoms with Crippen LogP contribution in [0.3, 0.4) is 0 Å². The van der Waals surface area contributed by atoms with E-state index in [9.17, 15) is 9.90 Å². The van der Waals surface area contributed by atoms with Crippen LogP contribution in [0.4, 0.5) is 0 Å². The summed E-state index contributed by atoms with van der Waals surface area (Å²) in [5.74, 6) is -0.520. The summed E-state index contributed by atoms with van der Waals surface area (Å²) in [4.78, 5) is 15.5. The summed E-state index contributed by atoms with van der Waals surface area (Å²) in [6, 6.07) is 10.9. The summed E-state index contributed by atoms with van der Waals surface area (Å²) < 4.78 is 10.6. The van der Waals surface area contributed by atoms with Gasteiger partial charge < -0.3 is 14.6 Å². The molecule has 0 unspecified atom stereocenters. The van der Waals surface area contributed by atoms with E-state index in [0.717, 1.165) is 11.1 Å². The van der Waals surface area contributed by atoms with Crippen LogP contribution in [0.2, 0.25) is 0 Å². The van der Waals surface area contributed by atoms with Crippen molar-refractivity contribution in [3.8, 4) is 5.88 Å². The highest BCUT2D eigenvalue weighted by Crippen LogP contribution is 2.22. The van der Waals surface area contributed by atoms with Gasteiger partial charge in [0.05, 0.1) is 13.4 Å². The molecule has 0 fully saturated rings. The Morgan fingerprint density at radius 2 is 2.05 bits per heavy atom. The SMILES string of the molecule is CO/C=C(/C(=O)O)c1ccccc1COc1ncccc1C. The number of hydrogen-bond acceptors (Lipinski definition) is 4. The van der Waals surface area contributed by atoms with E-state index in [0.29, 0.717) is 11.4 Å². The summed E-state index contributed by atoms with van der Waals surface area (Å²) in [6.45, 7) is 2.13. The van der Waals surface area contributed by atoms with E-state index in [-0.39, 0.29) is 12.2 Å². The van der Waals surface area contributed by atoms with Crippen molar-refractivity contribution in [3.05, 3.63) is 65.5 Å². The lowest BCUT2D eigenvalue weighted by atomic mass is 10.0. The standard InChI is InChI=1S/C17H17NO4/c1-12-6-5-9-18-16(12)22-10-13-7-3-4-8-14(13)15(11-21-2)17(19)20/h3-9,11H,10H2,1-2H3,(H,19,20)/b15-11+. The molecule has 22 heavy (non-hydrogen) atoms. The van der Waals surface area contributed by atoms with Gasteiger partial charge in [0.25, 0.3) is 0 Å². The zero-order valence-electron chi connectivity index (χ0n) is 12.4. The molecule has 5 heteroatoms. The number of carbonyl (C=O) groups is 1. The van der Waals surface area contributed by atoms with E-state index in [1.54, 1.807) is 18.3 Å². The summed E-state index contributed by atoms with van der Waals surface area (Å²) in [6.07, 6.45) is 2.87. The van der Waals surface area contributed by atoms with Gasteiger partial charge in [-0.25, -0.2) is 9.78 Å². The molecule has 1 N–H and O–H groups in total. The van der Waals surface area contributed by atoms with Crippen LogP contribution < -0.4 is 4.74 Å².